The summed E-state index contributed by atoms with van der Waals surface area (Å²) in [4.78, 5) is 0. The topological polar surface area (TPSA) is 100 Å². The smallest absolute Gasteiger partial charge is 0.0385 e. The SMILES string of the molecule is CC(C)(C)CCNc1ccc(Nc2ccc(Nc3ccc(NCCC(N)CN)cc3)cc2)cc1. The van der Waals surface area contributed by atoms with Crippen molar-refractivity contribution in [1.82, 2.24) is 0 Å². The minimum atomic E-state index is 0.0469. The van der Waals surface area contributed by atoms with Gasteiger partial charge >= 0.3 is 0 Å². The van der Waals surface area contributed by atoms with Crippen LogP contribution in [0.15, 0.2) is 72.8 Å². The second-order valence-corrected chi connectivity index (χ2v) is 9.93. The van der Waals surface area contributed by atoms with E-state index in [0.717, 1.165) is 60.1 Å². The number of anilines is 6. The zero-order valence-electron chi connectivity index (χ0n) is 20.7. The van der Waals surface area contributed by atoms with Crippen LogP contribution in [0.4, 0.5) is 34.1 Å². The Labute approximate surface area is 204 Å². The van der Waals surface area contributed by atoms with Gasteiger partial charge in [0.2, 0.25) is 0 Å². The number of hydrogen-bond acceptors (Lipinski definition) is 6. The van der Waals surface area contributed by atoms with Gasteiger partial charge in [-0.1, -0.05) is 20.8 Å². The normalized spacial score (nSPS) is 12.1. The first-order valence-corrected chi connectivity index (χ1v) is 12.1. The summed E-state index contributed by atoms with van der Waals surface area (Å²) in [7, 11) is 0. The third-order valence-corrected chi connectivity index (χ3v) is 5.58. The van der Waals surface area contributed by atoms with Crippen LogP contribution in [0.25, 0.3) is 0 Å². The van der Waals surface area contributed by atoms with Crippen LogP contribution in [0.5, 0.6) is 0 Å². The maximum atomic E-state index is 5.85. The molecule has 0 radical (unpaired) electrons. The number of nitrogens with two attached hydrogens (primary N) is 2. The van der Waals surface area contributed by atoms with E-state index < -0.39 is 0 Å². The van der Waals surface area contributed by atoms with Gasteiger partial charge in [-0.05, 0) is 91.1 Å². The summed E-state index contributed by atoms with van der Waals surface area (Å²) < 4.78 is 0. The van der Waals surface area contributed by atoms with E-state index in [4.69, 9.17) is 11.5 Å². The molecule has 1 unspecified atom stereocenters. The molecule has 3 aromatic rings. The lowest BCUT2D eigenvalue weighted by atomic mass is 9.92. The van der Waals surface area contributed by atoms with Crippen molar-refractivity contribution in [2.45, 2.75) is 39.7 Å². The van der Waals surface area contributed by atoms with Crippen LogP contribution in [-0.4, -0.2) is 25.7 Å². The van der Waals surface area contributed by atoms with Crippen molar-refractivity contribution in [2.24, 2.45) is 16.9 Å². The molecule has 0 bridgehead atoms. The first kappa shape index (κ1) is 25.4. The summed E-state index contributed by atoms with van der Waals surface area (Å²) in [5.41, 5.74) is 18.2. The molecule has 8 N–H and O–H groups in total. The Morgan fingerprint density at radius 3 is 1.32 bits per heavy atom. The molecule has 0 spiro atoms. The lowest BCUT2D eigenvalue weighted by Gasteiger charge is -2.18. The average Bonchev–Trinajstić information content (AvgIpc) is 2.82. The third kappa shape index (κ3) is 8.96. The lowest BCUT2D eigenvalue weighted by Crippen LogP contribution is -2.31. The fraction of sp³-hybridized carbons (Fsp3) is 0.357. The van der Waals surface area contributed by atoms with Crippen LogP contribution in [0.2, 0.25) is 0 Å². The lowest BCUT2D eigenvalue weighted by molar-refractivity contribution is 0.390. The van der Waals surface area contributed by atoms with E-state index in [1.54, 1.807) is 0 Å². The molecule has 0 amide bonds. The van der Waals surface area contributed by atoms with Crippen molar-refractivity contribution in [2.75, 3.05) is 40.9 Å². The molecule has 3 aromatic carbocycles. The zero-order chi connectivity index (χ0) is 24.4. The predicted octanol–water partition coefficient (Wildman–Crippen LogP) is 6.11. The number of benzene rings is 3. The highest BCUT2D eigenvalue weighted by molar-refractivity contribution is 5.67. The highest BCUT2D eigenvalue weighted by Gasteiger charge is 2.09. The van der Waals surface area contributed by atoms with E-state index in [1.807, 2.05) is 0 Å². The van der Waals surface area contributed by atoms with Crippen LogP contribution in [0.3, 0.4) is 0 Å². The van der Waals surface area contributed by atoms with Crippen molar-refractivity contribution in [1.29, 1.82) is 0 Å². The predicted molar refractivity (Wildman–Crippen MR) is 149 cm³/mol. The van der Waals surface area contributed by atoms with Gasteiger partial charge in [-0.2, -0.15) is 0 Å². The van der Waals surface area contributed by atoms with Crippen molar-refractivity contribution in [3.63, 3.8) is 0 Å². The van der Waals surface area contributed by atoms with Gasteiger partial charge in [0, 0.05) is 59.8 Å². The van der Waals surface area contributed by atoms with Gasteiger partial charge in [0.1, 0.15) is 0 Å². The molecule has 0 saturated heterocycles. The first-order chi connectivity index (χ1) is 16.3. The Balaban J connectivity index is 1.46. The Morgan fingerprint density at radius 2 is 0.971 bits per heavy atom. The van der Waals surface area contributed by atoms with E-state index in [2.05, 4.69) is 115 Å². The molecule has 1 atom stereocenters. The van der Waals surface area contributed by atoms with Crippen LogP contribution in [0, 0.1) is 5.41 Å². The summed E-state index contributed by atoms with van der Waals surface area (Å²) >= 11 is 0. The van der Waals surface area contributed by atoms with E-state index in [-0.39, 0.29) is 6.04 Å². The van der Waals surface area contributed by atoms with Crippen LogP contribution >= 0.6 is 0 Å². The largest absolute Gasteiger partial charge is 0.385 e. The molecule has 6 heteroatoms. The van der Waals surface area contributed by atoms with E-state index in [9.17, 15) is 0 Å². The van der Waals surface area contributed by atoms with E-state index in [0.29, 0.717) is 12.0 Å². The van der Waals surface area contributed by atoms with Gasteiger partial charge in [-0.3, -0.25) is 0 Å². The maximum absolute atomic E-state index is 5.85. The summed E-state index contributed by atoms with van der Waals surface area (Å²) in [6.45, 7) is 9.10. The maximum Gasteiger partial charge on any atom is 0.0385 e. The van der Waals surface area contributed by atoms with Crippen LogP contribution in [-0.2, 0) is 0 Å². The van der Waals surface area contributed by atoms with Gasteiger partial charge in [0.15, 0.2) is 0 Å². The third-order valence-electron chi connectivity index (χ3n) is 5.58. The summed E-state index contributed by atoms with van der Waals surface area (Å²) in [6.07, 6.45) is 1.99. The fourth-order valence-corrected chi connectivity index (χ4v) is 3.41. The summed E-state index contributed by atoms with van der Waals surface area (Å²) in [6, 6.07) is 25.0. The fourth-order valence-electron chi connectivity index (χ4n) is 3.41. The first-order valence-electron chi connectivity index (χ1n) is 12.1. The van der Waals surface area contributed by atoms with E-state index in [1.165, 1.54) is 0 Å². The van der Waals surface area contributed by atoms with Crippen molar-refractivity contribution < 1.29 is 0 Å². The van der Waals surface area contributed by atoms with Crippen LogP contribution in [0.1, 0.15) is 33.6 Å². The molecule has 3 rings (SSSR count). The molecule has 0 fully saturated rings. The second kappa shape index (κ2) is 12.3. The molecule has 0 heterocycles. The molecule has 0 aromatic heterocycles. The summed E-state index contributed by atoms with van der Waals surface area (Å²) in [5, 5.41) is 13.8. The van der Waals surface area contributed by atoms with Gasteiger partial charge < -0.3 is 32.7 Å². The zero-order valence-corrected chi connectivity index (χ0v) is 20.7. The number of nitrogens with one attached hydrogen (secondary N) is 4. The van der Waals surface area contributed by atoms with Crippen molar-refractivity contribution >= 4 is 34.1 Å². The average molecular weight is 461 g/mol. The highest BCUT2D eigenvalue weighted by atomic mass is 14.9. The standard InChI is InChI=1S/C28H40N6/c1-28(2,3)17-19-32-23-6-10-25(11-7-23)34-27-14-12-26(13-15-27)33-24-8-4-22(5-9-24)31-18-16-21(30)20-29/h4-15,21,31-34H,16-20,29-30H2,1-3H3. The highest BCUT2D eigenvalue weighted by Crippen LogP contribution is 2.24. The molecule has 34 heavy (non-hydrogen) atoms. The molecule has 182 valence electrons. The minimum absolute atomic E-state index is 0.0469. The quantitative estimate of drug-likeness (QED) is 0.195. The molecule has 6 nitrogen and oxygen atoms in total. The molecule has 0 aliphatic heterocycles. The Hall–Kier alpha value is -3.22. The summed E-state index contributed by atoms with van der Waals surface area (Å²) in [5.74, 6) is 0. The van der Waals surface area contributed by atoms with Gasteiger partial charge in [0.25, 0.3) is 0 Å². The molecule has 0 aliphatic rings. The van der Waals surface area contributed by atoms with Gasteiger partial charge in [-0.25, -0.2) is 0 Å². The van der Waals surface area contributed by atoms with E-state index >= 15 is 0 Å². The molecular weight excluding hydrogens is 420 g/mol. The minimum Gasteiger partial charge on any atom is -0.385 e. The second-order valence-electron chi connectivity index (χ2n) is 9.93. The Bertz CT molecular complexity index is 975. The van der Waals surface area contributed by atoms with Gasteiger partial charge in [-0.15, -0.1) is 0 Å². The Kier molecular flexibility index (Phi) is 9.19. The van der Waals surface area contributed by atoms with Crippen molar-refractivity contribution in [3.8, 4) is 0 Å². The number of hydrogen-bond donors (Lipinski definition) is 6. The Morgan fingerprint density at radius 1 is 0.618 bits per heavy atom. The molecular formula is C28H40N6. The molecule has 0 aliphatic carbocycles. The van der Waals surface area contributed by atoms with Crippen LogP contribution < -0.4 is 32.7 Å². The number of rotatable bonds is 12. The van der Waals surface area contributed by atoms with Crippen molar-refractivity contribution in [3.05, 3.63) is 72.8 Å². The van der Waals surface area contributed by atoms with Gasteiger partial charge in [0.05, 0.1) is 0 Å². The monoisotopic (exact) mass is 460 g/mol. The molecule has 0 saturated carbocycles.